The van der Waals surface area contributed by atoms with Crippen molar-refractivity contribution >= 4 is 21.7 Å². The molecule has 0 atom stereocenters. The topological polar surface area (TPSA) is 29.0 Å². The van der Waals surface area contributed by atoms with Crippen LogP contribution in [0.15, 0.2) is 17.0 Å². The van der Waals surface area contributed by atoms with Gasteiger partial charge in [0.2, 0.25) is 0 Å². The van der Waals surface area contributed by atoms with Crippen LogP contribution in [0.3, 0.4) is 0 Å². The number of rotatable bonds is 5. The zero-order valence-electron chi connectivity index (χ0n) is 11.3. The molecule has 1 aromatic rings. The monoisotopic (exact) mass is 311 g/mol. The highest BCUT2D eigenvalue weighted by molar-refractivity contribution is 9.10. The Morgan fingerprint density at radius 2 is 2.06 bits per heavy atom. The van der Waals surface area contributed by atoms with Gasteiger partial charge in [-0.15, -0.1) is 0 Å². The lowest BCUT2D eigenvalue weighted by Crippen LogP contribution is -2.35. The molecule has 1 heterocycles. The van der Waals surface area contributed by atoms with Crippen LogP contribution in [-0.2, 0) is 0 Å². The highest BCUT2D eigenvalue weighted by atomic mass is 79.9. The standard InChI is InChI=1S/C14H22BrN3/c1-11(2)7-8-18(12-5-3-4-6-12)14-9-13(15)16-10-17-14/h9-12H,3-8H2,1-2H3. The number of aromatic nitrogens is 2. The molecule has 4 heteroatoms. The summed E-state index contributed by atoms with van der Waals surface area (Å²) >= 11 is 3.44. The van der Waals surface area contributed by atoms with Gasteiger partial charge in [-0.25, -0.2) is 9.97 Å². The van der Waals surface area contributed by atoms with E-state index >= 15 is 0 Å². The van der Waals surface area contributed by atoms with Gasteiger partial charge in [0.05, 0.1) is 0 Å². The lowest BCUT2D eigenvalue weighted by Gasteiger charge is -2.30. The molecular formula is C14H22BrN3. The molecule has 0 spiro atoms. The Kier molecular flexibility index (Phi) is 4.98. The minimum Gasteiger partial charge on any atom is -0.353 e. The molecule has 0 unspecified atom stereocenters. The van der Waals surface area contributed by atoms with E-state index < -0.39 is 0 Å². The van der Waals surface area contributed by atoms with E-state index in [-0.39, 0.29) is 0 Å². The Hall–Kier alpha value is -0.640. The number of hydrogen-bond acceptors (Lipinski definition) is 3. The van der Waals surface area contributed by atoms with Gasteiger partial charge >= 0.3 is 0 Å². The molecule has 0 bridgehead atoms. The van der Waals surface area contributed by atoms with Gasteiger partial charge < -0.3 is 4.90 Å². The summed E-state index contributed by atoms with van der Waals surface area (Å²) in [6.45, 7) is 5.66. The highest BCUT2D eigenvalue weighted by Crippen LogP contribution is 2.28. The van der Waals surface area contributed by atoms with Crippen LogP contribution in [0.2, 0.25) is 0 Å². The van der Waals surface area contributed by atoms with Crippen molar-refractivity contribution in [3.63, 3.8) is 0 Å². The van der Waals surface area contributed by atoms with Gasteiger partial charge in [0, 0.05) is 18.7 Å². The van der Waals surface area contributed by atoms with Gasteiger partial charge in [-0.05, 0) is 41.1 Å². The Morgan fingerprint density at radius 1 is 1.33 bits per heavy atom. The third kappa shape index (κ3) is 3.67. The number of hydrogen-bond donors (Lipinski definition) is 0. The molecule has 0 saturated heterocycles. The summed E-state index contributed by atoms with van der Waals surface area (Å²) < 4.78 is 0.875. The van der Waals surface area contributed by atoms with E-state index in [4.69, 9.17) is 0 Å². The molecule has 0 amide bonds. The van der Waals surface area contributed by atoms with E-state index in [1.807, 2.05) is 6.07 Å². The van der Waals surface area contributed by atoms with E-state index in [0.717, 1.165) is 22.9 Å². The Labute approximate surface area is 118 Å². The normalized spacial score (nSPS) is 16.4. The molecule has 3 nitrogen and oxygen atoms in total. The molecule has 0 aromatic carbocycles. The third-order valence-electron chi connectivity index (χ3n) is 3.63. The second kappa shape index (κ2) is 6.50. The summed E-state index contributed by atoms with van der Waals surface area (Å²) in [5, 5.41) is 0. The SMILES string of the molecule is CC(C)CCN(c1cc(Br)ncn1)C1CCCC1. The summed E-state index contributed by atoms with van der Waals surface area (Å²) in [5.41, 5.74) is 0. The van der Waals surface area contributed by atoms with Crippen molar-refractivity contribution in [3.8, 4) is 0 Å². The average Bonchev–Trinajstić information content (AvgIpc) is 2.83. The first kappa shape index (κ1) is 13.8. The van der Waals surface area contributed by atoms with Crippen molar-refractivity contribution < 1.29 is 0 Å². The quantitative estimate of drug-likeness (QED) is 0.769. The molecule has 1 saturated carbocycles. The number of anilines is 1. The number of nitrogens with zero attached hydrogens (tertiary/aromatic N) is 3. The van der Waals surface area contributed by atoms with E-state index in [1.165, 1.54) is 32.1 Å². The molecule has 0 aliphatic heterocycles. The lowest BCUT2D eigenvalue weighted by molar-refractivity contribution is 0.524. The zero-order valence-corrected chi connectivity index (χ0v) is 12.9. The molecule has 100 valence electrons. The van der Waals surface area contributed by atoms with Crippen LogP contribution in [0.1, 0.15) is 46.0 Å². The second-order valence-corrected chi connectivity index (χ2v) is 6.33. The highest BCUT2D eigenvalue weighted by Gasteiger charge is 2.23. The van der Waals surface area contributed by atoms with Gasteiger partial charge in [0.25, 0.3) is 0 Å². The van der Waals surface area contributed by atoms with Crippen LogP contribution >= 0.6 is 15.9 Å². The van der Waals surface area contributed by atoms with Crippen LogP contribution in [0.5, 0.6) is 0 Å². The van der Waals surface area contributed by atoms with Gasteiger partial charge in [0.1, 0.15) is 16.7 Å². The van der Waals surface area contributed by atoms with Crippen LogP contribution in [0, 0.1) is 5.92 Å². The Bertz CT molecular complexity index is 375. The summed E-state index contributed by atoms with van der Waals surface area (Å²) in [7, 11) is 0. The van der Waals surface area contributed by atoms with Crippen molar-refractivity contribution in [3.05, 3.63) is 17.0 Å². The Morgan fingerprint density at radius 3 is 2.67 bits per heavy atom. The summed E-state index contributed by atoms with van der Waals surface area (Å²) in [6.07, 6.45) is 8.19. The molecule has 2 rings (SSSR count). The molecule has 18 heavy (non-hydrogen) atoms. The van der Waals surface area contributed by atoms with E-state index in [0.29, 0.717) is 6.04 Å². The minimum atomic E-state index is 0.672. The molecule has 0 radical (unpaired) electrons. The maximum atomic E-state index is 4.45. The van der Waals surface area contributed by atoms with Crippen LogP contribution in [-0.4, -0.2) is 22.6 Å². The Balaban J connectivity index is 2.12. The van der Waals surface area contributed by atoms with Gasteiger partial charge in [-0.3, -0.25) is 0 Å². The molecular weight excluding hydrogens is 290 g/mol. The molecule has 1 aromatic heterocycles. The lowest BCUT2D eigenvalue weighted by atomic mass is 10.1. The first-order chi connectivity index (χ1) is 8.66. The fraction of sp³-hybridized carbons (Fsp3) is 0.714. The van der Waals surface area contributed by atoms with E-state index in [1.54, 1.807) is 6.33 Å². The maximum Gasteiger partial charge on any atom is 0.133 e. The van der Waals surface area contributed by atoms with E-state index in [9.17, 15) is 0 Å². The first-order valence-electron chi connectivity index (χ1n) is 6.91. The van der Waals surface area contributed by atoms with Crippen LogP contribution in [0.4, 0.5) is 5.82 Å². The first-order valence-corrected chi connectivity index (χ1v) is 7.70. The average molecular weight is 312 g/mol. The predicted octanol–water partition coefficient (Wildman–Crippen LogP) is 4.03. The van der Waals surface area contributed by atoms with Crippen molar-refractivity contribution in [1.29, 1.82) is 0 Å². The maximum absolute atomic E-state index is 4.45. The molecule has 1 aliphatic carbocycles. The fourth-order valence-corrected chi connectivity index (χ4v) is 2.88. The van der Waals surface area contributed by atoms with Crippen molar-refractivity contribution in [1.82, 2.24) is 9.97 Å². The van der Waals surface area contributed by atoms with Gasteiger partial charge in [-0.1, -0.05) is 26.7 Å². The van der Waals surface area contributed by atoms with Crippen molar-refractivity contribution in [2.75, 3.05) is 11.4 Å². The van der Waals surface area contributed by atoms with Crippen molar-refractivity contribution in [2.24, 2.45) is 5.92 Å². The van der Waals surface area contributed by atoms with Crippen molar-refractivity contribution in [2.45, 2.75) is 52.0 Å². The smallest absolute Gasteiger partial charge is 0.133 e. The second-order valence-electron chi connectivity index (χ2n) is 5.51. The molecule has 0 N–H and O–H groups in total. The number of halogens is 1. The predicted molar refractivity (Wildman–Crippen MR) is 78.8 cm³/mol. The summed E-state index contributed by atoms with van der Waals surface area (Å²) in [6, 6.07) is 2.71. The largest absolute Gasteiger partial charge is 0.353 e. The minimum absolute atomic E-state index is 0.672. The fourth-order valence-electron chi connectivity index (χ4n) is 2.58. The van der Waals surface area contributed by atoms with Crippen LogP contribution < -0.4 is 4.90 Å². The van der Waals surface area contributed by atoms with Crippen LogP contribution in [0.25, 0.3) is 0 Å². The molecule has 1 fully saturated rings. The van der Waals surface area contributed by atoms with E-state index in [2.05, 4.69) is 44.6 Å². The summed E-state index contributed by atoms with van der Waals surface area (Å²) in [5.74, 6) is 1.81. The van der Waals surface area contributed by atoms with Gasteiger partial charge in [-0.2, -0.15) is 0 Å². The molecule has 1 aliphatic rings. The summed E-state index contributed by atoms with van der Waals surface area (Å²) in [4.78, 5) is 11.1. The zero-order chi connectivity index (χ0) is 13.0. The van der Waals surface area contributed by atoms with Gasteiger partial charge in [0.15, 0.2) is 0 Å². The third-order valence-corrected chi connectivity index (χ3v) is 4.06.